The van der Waals surface area contributed by atoms with E-state index in [9.17, 15) is 46.0 Å². The van der Waals surface area contributed by atoms with Crippen molar-refractivity contribution in [3.05, 3.63) is 119 Å². The molecule has 3 aromatic carbocycles. The minimum atomic E-state index is -5.54. The summed E-state index contributed by atoms with van der Waals surface area (Å²) in [6.45, 7) is 2.75. The predicted octanol–water partition coefficient (Wildman–Crippen LogP) is 12.0. The van der Waals surface area contributed by atoms with Crippen LogP contribution in [0.3, 0.4) is 0 Å². The number of phenols is 1. The summed E-state index contributed by atoms with van der Waals surface area (Å²) in [5.74, 6) is -2.17. The molecule has 0 saturated heterocycles. The van der Waals surface area contributed by atoms with Gasteiger partial charge in [0.05, 0.1) is 17.5 Å². The molecule has 4 aromatic rings. The third kappa shape index (κ3) is 14.7. The molecule has 1 unspecified atom stereocenters. The number of nitrogens with zero attached hydrogens (tertiary/aromatic N) is 1. The molecule has 1 heterocycles. The van der Waals surface area contributed by atoms with Gasteiger partial charge in [-0.15, -0.1) is 0 Å². The number of nitrogens with two attached hydrogens (primary N) is 1. The summed E-state index contributed by atoms with van der Waals surface area (Å²) in [4.78, 5) is 28.0. The highest BCUT2D eigenvalue weighted by Crippen LogP contribution is 2.62. The maximum absolute atomic E-state index is 13.0. The molecule has 3 aliphatic carbocycles. The van der Waals surface area contributed by atoms with Crippen molar-refractivity contribution in [1.82, 2.24) is 10.3 Å². The zero-order valence-corrected chi connectivity index (χ0v) is 40.1. The van der Waals surface area contributed by atoms with Gasteiger partial charge in [0.15, 0.2) is 0 Å². The van der Waals surface area contributed by atoms with Crippen LogP contribution in [0.1, 0.15) is 135 Å². The molecular weight excluding hydrogens is 916 g/mol. The van der Waals surface area contributed by atoms with E-state index in [4.69, 9.17) is 10.5 Å². The average Bonchev–Trinajstić information content (AvgIpc) is 3.63. The fourth-order valence-corrected chi connectivity index (χ4v) is 11.9. The standard InChI is InChI=1S/C32H47F5O3S.C21H20N4O3/c1-30-17-15-26-25-12-11-24(38)21-23(25)20-22(29(26)27(30)13-14-28(30)39)10-7-5-3-2-4-6-8-18-41(40)19-9-16-31(33,34)32(35,36)37;22-18-5-1-2-6-19(18)25-20(26)17-9-7-15(8-10-17)13-24-21(27)28-14-16-4-3-11-23-12-16/h11-12,21-22,26-29,38-39H,2-10,13-20H2,1H3;1-12H,13-14,22H2,(H,24,27)(H,25,26)/t22-,26-,27+,28+,29-,30+,41?;/m1./s1. The number of nitrogens with one attached hydrogen (secondary N) is 2. The first-order chi connectivity index (χ1) is 32.9. The Hall–Kier alpha value is -5.09. The quantitative estimate of drug-likeness (QED) is 0.0332. The van der Waals surface area contributed by atoms with Crippen LogP contribution in [0.2, 0.25) is 0 Å². The Morgan fingerprint density at radius 3 is 2.29 bits per heavy atom. The summed E-state index contributed by atoms with van der Waals surface area (Å²) in [5.41, 5.74) is 11.8. The van der Waals surface area contributed by atoms with E-state index in [-0.39, 0.29) is 29.8 Å². The van der Waals surface area contributed by atoms with Crippen LogP contribution in [-0.4, -0.2) is 61.1 Å². The van der Waals surface area contributed by atoms with Gasteiger partial charge in [-0.2, -0.15) is 22.0 Å². The number of phenolic OH excluding ortho intramolecular Hbond substituents is 1. The van der Waals surface area contributed by atoms with Gasteiger partial charge in [-0.25, -0.2) is 4.79 Å². The van der Waals surface area contributed by atoms with Gasteiger partial charge < -0.3 is 31.3 Å². The van der Waals surface area contributed by atoms with Gasteiger partial charge in [-0.3, -0.25) is 14.0 Å². The second kappa shape index (κ2) is 24.6. The molecule has 0 bridgehead atoms. The van der Waals surface area contributed by atoms with Crippen LogP contribution < -0.4 is 16.4 Å². The number of halogens is 5. The van der Waals surface area contributed by atoms with E-state index in [0.29, 0.717) is 65.1 Å². The smallest absolute Gasteiger partial charge is 0.453 e. The zero-order chi connectivity index (χ0) is 49.6. The third-order valence-electron chi connectivity index (χ3n) is 14.5. The molecule has 16 heteroatoms. The molecule has 0 spiro atoms. The lowest BCUT2D eigenvalue weighted by Crippen LogP contribution is -2.47. The maximum Gasteiger partial charge on any atom is 0.453 e. The van der Waals surface area contributed by atoms with Gasteiger partial charge in [0.25, 0.3) is 5.91 Å². The Kier molecular flexibility index (Phi) is 19.0. The first-order valence-electron chi connectivity index (χ1n) is 24.3. The highest BCUT2D eigenvalue weighted by atomic mass is 32.2. The molecule has 2 fully saturated rings. The number of para-hydroxylation sites is 2. The van der Waals surface area contributed by atoms with Gasteiger partial charge >= 0.3 is 18.2 Å². The van der Waals surface area contributed by atoms with E-state index in [1.54, 1.807) is 67.0 Å². The number of benzene rings is 3. The number of rotatable bonds is 20. The van der Waals surface area contributed by atoms with Crippen molar-refractivity contribution in [2.24, 2.45) is 23.2 Å². The van der Waals surface area contributed by atoms with Crippen molar-refractivity contribution in [2.45, 2.75) is 141 Å². The monoisotopic (exact) mass is 982 g/mol. The van der Waals surface area contributed by atoms with E-state index in [2.05, 4.69) is 28.6 Å². The number of carbonyl (C=O) groups excluding carboxylic acids is 2. The Morgan fingerprint density at radius 2 is 1.58 bits per heavy atom. The second-order valence-corrected chi connectivity index (χ2v) is 20.9. The van der Waals surface area contributed by atoms with E-state index in [1.807, 2.05) is 18.2 Å². The molecule has 1 aromatic heterocycles. The number of aromatic hydroxyl groups is 1. The van der Waals surface area contributed by atoms with Crippen molar-refractivity contribution >= 4 is 34.2 Å². The molecule has 69 heavy (non-hydrogen) atoms. The molecule has 2 amide bonds. The summed E-state index contributed by atoms with van der Waals surface area (Å²) in [5, 5.41) is 26.4. The number of hydrogen-bond acceptors (Lipinski definition) is 8. The number of aliphatic hydroxyl groups excluding tert-OH is 1. The summed E-state index contributed by atoms with van der Waals surface area (Å²) in [6, 6.07) is 23.5. The van der Waals surface area contributed by atoms with E-state index in [1.165, 1.54) is 11.1 Å². The first kappa shape index (κ1) is 53.3. The number of hydrogen-bond donors (Lipinski definition) is 5. The Morgan fingerprint density at radius 1 is 0.870 bits per heavy atom. The van der Waals surface area contributed by atoms with Crippen molar-refractivity contribution < 1.29 is 50.7 Å². The molecule has 7 rings (SSSR count). The summed E-state index contributed by atoms with van der Waals surface area (Å²) < 4.78 is 79.6. The van der Waals surface area contributed by atoms with Gasteiger partial charge in [-0.1, -0.05) is 81.8 Å². The van der Waals surface area contributed by atoms with Crippen molar-refractivity contribution in [1.29, 1.82) is 0 Å². The van der Waals surface area contributed by atoms with Crippen LogP contribution in [0, 0.1) is 23.2 Å². The Bertz CT molecular complexity index is 2300. The van der Waals surface area contributed by atoms with Gasteiger partial charge in [0.2, 0.25) is 0 Å². The molecule has 0 aliphatic heterocycles. The first-order valence-corrected chi connectivity index (χ1v) is 25.8. The highest BCUT2D eigenvalue weighted by Gasteiger charge is 2.57. The maximum atomic E-state index is 13.0. The molecule has 3 aliphatic rings. The number of unbranched alkanes of at least 4 members (excludes halogenated alkanes) is 6. The average molecular weight is 983 g/mol. The van der Waals surface area contributed by atoms with Crippen LogP contribution in [-0.2, 0) is 35.1 Å². The minimum Gasteiger partial charge on any atom is -0.508 e. The molecule has 376 valence electrons. The number of carbonyl (C=O) groups is 2. The lowest BCUT2D eigenvalue weighted by molar-refractivity contribution is -0.284. The number of alkyl halides is 5. The van der Waals surface area contributed by atoms with Crippen molar-refractivity contribution in [2.75, 3.05) is 22.6 Å². The second-order valence-electron chi connectivity index (χ2n) is 19.2. The SMILES string of the molecule is C[C@]12CC[C@@H]3c4ccc(O)cc4C[C@@H](CCCCCCCCCS(=O)CCCC(F)(F)C(F)(F)F)[C@H]3[C@@H]1CC[C@@H]2O.Nc1ccccc1NC(=O)c1ccc(CNC(=O)OCc2cccnc2)cc1. The summed E-state index contributed by atoms with van der Waals surface area (Å²) in [7, 11) is -1.35. The molecule has 6 N–H and O–H groups in total. The van der Waals surface area contributed by atoms with E-state index in [0.717, 1.165) is 88.2 Å². The number of amides is 2. The predicted molar refractivity (Wildman–Crippen MR) is 259 cm³/mol. The van der Waals surface area contributed by atoms with E-state index >= 15 is 0 Å². The normalized spacial score (nSPS) is 22.2. The highest BCUT2D eigenvalue weighted by molar-refractivity contribution is 7.84. The van der Waals surface area contributed by atoms with Crippen LogP contribution >= 0.6 is 0 Å². The topological polar surface area (TPSA) is 164 Å². The molecule has 2 saturated carbocycles. The summed E-state index contributed by atoms with van der Waals surface area (Å²) >= 11 is 0. The van der Waals surface area contributed by atoms with Gasteiger partial charge in [-0.05, 0) is 140 Å². The fourth-order valence-electron chi connectivity index (χ4n) is 10.7. The lowest BCUT2D eigenvalue weighted by Gasteiger charge is -2.53. The zero-order valence-electron chi connectivity index (χ0n) is 39.3. The van der Waals surface area contributed by atoms with Crippen molar-refractivity contribution in [3.63, 3.8) is 0 Å². The van der Waals surface area contributed by atoms with E-state index < -0.39 is 41.8 Å². The van der Waals surface area contributed by atoms with Crippen LogP contribution in [0.25, 0.3) is 0 Å². The number of pyridine rings is 1. The lowest BCUT2D eigenvalue weighted by atomic mass is 9.52. The van der Waals surface area contributed by atoms with Crippen molar-refractivity contribution in [3.8, 4) is 5.75 Å². The number of ether oxygens (including phenoxy) is 1. The van der Waals surface area contributed by atoms with Crippen LogP contribution in [0.4, 0.5) is 38.1 Å². The third-order valence-corrected chi connectivity index (χ3v) is 16.0. The molecule has 10 nitrogen and oxygen atoms in total. The molecule has 7 atom stereocenters. The number of nitrogen functional groups attached to an aromatic ring is 1. The summed E-state index contributed by atoms with van der Waals surface area (Å²) in [6.07, 6.45) is 8.74. The van der Waals surface area contributed by atoms with Gasteiger partial charge in [0.1, 0.15) is 12.4 Å². The number of fused-ring (bicyclic) bond motifs is 5. The number of alkyl carbamates (subject to hydrolysis) is 1. The Labute approximate surface area is 404 Å². The number of anilines is 2. The molecular formula is C53H67F5N4O6S. The van der Waals surface area contributed by atoms with Gasteiger partial charge in [0, 0.05) is 58.8 Å². The largest absolute Gasteiger partial charge is 0.508 e. The fraction of sp³-hybridized carbons (Fsp3) is 0.528. The van der Waals surface area contributed by atoms with Crippen LogP contribution in [0.5, 0.6) is 5.75 Å². The van der Waals surface area contributed by atoms with Crippen LogP contribution in [0.15, 0.2) is 91.3 Å². The Balaban J connectivity index is 0.000000243. The molecule has 0 radical (unpaired) electrons. The number of aromatic nitrogens is 1. The number of aliphatic hydroxyl groups is 1. The minimum absolute atomic E-state index is 0.0195.